The molecule has 0 saturated heterocycles. The number of pyridine rings is 1. The van der Waals surface area contributed by atoms with Crippen LogP contribution in [0.4, 0.5) is 5.69 Å². The number of para-hydroxylation sites is 1. The van der Waals surface area contributed by atoms with Crippen molar-refractivity contribution in [2.24, 2.45) is 0 Å². The number of fused-ring (bicyclic) bond motifs is 1. The summed E-state index contributed by atoms with van der Waals surface area (Å²) in [5.74, 6) is 0.645. The second kappa shape index (κ2) is 7.64. The molecule has 6 heteroatoms. The topological polar surface area (TPSA) is 57.2 Å². The lowest BCUT2D eigenvalue weighted by atomic mass is 9.92. The standard InChI is InChI=1S/C22H27N5O/c1-25(2)20-9-5-4-8-16(20)15-26(3)17-11-12-19-18(14-17)22(28)27(24-19)21-10-6-7-13-23-21/h4-10,13,17,24H,11-12,14-15H2,1-3H3. The lowest BCUT2D eigenvalue weighted by molar-refractivity contribution is 0.213. The van der Waals surface area contributed by atoms with E-state index in [1.807, 2.05) is 18.2 Å². The van der Waals surface area contributed by atoms with Crippen molar-refractivity contribution >= 4 is 5.69 Å². The van der Waals surface area contributed by atoms with Crippen LogP contribution in [0.5, 0.6) is 0 Å². The number of hydrogen-bond acceptors (Lipinski definition) is 4. The van der Waals surface area contributed by atoms with Crippen LogP contribution in [0.3, 0.4) is 0 Å². The van der Waals surface area contributed by atoms with Gasteiger partial charge < -0.3 is 4.90 Å². The van der Waals surface area contributed by atoms with Crippen LogP contribution in [0.1, 0.15) is 23.2 Å². The lowest BCUT2D eigenvalue weighted by Gasteiger charge is -2.31. The summed E-state index contributed by atoms with van der Waals surface area (Å²) in [5, 5.41) is 3.27. The normalized spacial score (nSPS) is 16.2. The van der Waals surface area contributed by atoms with Gasteiger partial charge >= 0.3 is 0 Å². The number of anilines is 1. The molecule has 4 rings (SSSR count). The SMILES string of the molecule is CN(C)c1ccccc1CN(C)C1CCc2[nH]n(-c3ccccn3)c(=O)c2C1. The number of aromatic amines is 1. The molecule has 1 atom stereocenters. The molecule has 6 nitrogen and oxygen atoms in total. The zero-order valence-electron chi connectivity index (χ0n) is 16.7. The van der Waals surface area contributed by atoms with E-state index in [9.17, 15) is 4.79 Å². The van der Waals surface area contributed by atoms with E-state index < -0.39 is 0 Å². The zero-order valence-corrected chi connectivity index (χ0v) is 16.7. The quantitative estimate of drug-likeness (QED) is 0.743. The molecule has 0 aliphatic heterocycles. The molecule has 1 aromatic carbocycles. The monoisotopic (exact) mass is 377 g/mol. The van der Waals surface area contributed by atoms with Crippen LogP contribution in [0.15, 0.2) is 53.5 Å². The van der Waals surface area contributed by atoms with Crippen LogP contribution in [0.25, 0.3) is 5.82 Å². The van der Waals surface area contributed by atoms with Crippen molar-refractivity contribution in [2.45, 2.75) is 31.8 Å². The van der Waals surface area contributed by atoms with Gasteiger partial charge in [0.2, 0.25) is 0 Å². The zero-order chi connectivity index (χ0) is 19.7. The number of likely N-dealkylation sites (N-methyl/N-ethyl adjacent to an activating group) is 1. The summed E-state index contributed by atoms with van der Waals surface area (Å²) < 4.78 is 1.58. The second-order valence-electron chi connectivity index (χ2n) is 7.73. The fraction of sp³-hybridized carbons (Fsp3) is 0.364. The molecular formula is C22H27N5O. The van der Waals surface area contributed by atoms with E-state index >= 15 is 0 Å². The van der Waals surface area contributed by atoms with Crippen LogP contribution in [-0.4, -0.2) is 46.8 Å². The molecule has 0 bridgehead atoms. The molecule has 2 aromatic heterocycles. The summed E-state index contributed by atoms with van der Waals surface area (Å²) in [6.45, 7) is 0.868. The van der Waals surface area contributed by atoms with Crippen molar-refractivity contribution in [3.05, 3.63) is 75.8 Å². The van der Waals surface area contributed by atoms with E-state index in [-0.39, 0.29) is 5.56 Å². The first-order chi connectivity index (χ1) is 13.5. The lowest BCUT2D eigenvalue weighted by Crippen LogP contribution is -2.37. The molecule has 0 radical (unpaired) electrons. The average Bonchev–Trinajstić information content (AvgIpc) is 3.05. The molecule has 3 aromatic rings. The third-order valence-corrected chi connectivity index (χ3v) is 5.63. The van der Waals surface area contributed by atoms with Gasteiger partial charge in [-0.3, -0.25) is 14.8 Å². The van der Waals surface area contributed by atoms with Crippen LogP contribution < -0.4 is 10.5 Å². The van der Waals surface area contributed by atoms with Gasteiger partial charge in [-0.05, 0) is 50.1 Å². The predicted octanol–water partition coefficient (Wildman–Crippen LogP) is 2.62. The Hall–Kier alpha value is -2.86. The Labute approximate surface area is 165 Å². The van der Waals surface area contributed by atoms with Gasteiger partial charge in [-0.25, -0.2) is 9.67 Å². The summed E-state index contributed by atoms with van der Waals surface area (Å²) in [5.41, 5.74) is 4.52. The molecular weight excluding hydrogens is 350 g/mol. The number of nitrogens with zero attached hydrogens (tertiary/aromatic N) is 4. The molecule has 1 N–H and O–H groups in total. The number of nitrogens with one attached hydrogen (secondary N) is 1. The highest BCUT2D eigenvalue weighted by molar-refractivity contribution is 5.52. The van der Waals surface area contributed by atoms with Crippen molar-refractivity contribution in [1.82, 2.24) is 19.7 Å². The van der Waals surface area contributed by atoms with E-state index in [4.69, 9.17) is 0 Å². The fourth-order valence-electron chi connectivity index (χ4n) is 4.09. The Balaban J connectivity index is 1.55. The summed E-state index contributed by atoms with van der Waals surface area (Å²) in [6.07, 6.45) is 4.40. The maximum Gasteiger partial charge on any atom is 0.276 e. The Bertz CT molecular complexity index is 1010. The van der Waals surface area contributed by atoms with Gasteiger partial charge in [0.1, 0.15) is 0 Å². The maximum absolute atomic E-state index is 13.0. The number of rotatable bonds is 5. The summed E-state index contributed by atoms with van der Waals surface area (Å²) >= 11 is 0. The highest BCUT2D eigenvalue weighted by Gasteiger charge is 2.27. The molecule has 1 aliphatic rings. The molecule has 1 aliphatic carbocycles. The number of aryl methyl sites for hydroxylation is 1. The van der Waals surface area contributed by atoms with Crippen LogP contribution in [-0.2, 0) is 19.4 Å². The number of benzene rings is 1. The van der Waals surface area contributed by atoms with E-state index in [1.54, 1.807) is 10.9 Å². The Morgan fingerprint density at radius 1 is 1.14 bits per heavy atom. The first-order valence-electron chi connectivity index (χ1n) is 9.74. The minimum atomic E-state index is 0.0282. The van der Waals surface area contributed by atoms with Crippen LogP contribution >= 0.6 is 0 Å². The van der Waals surface area contributed by atoms with E-state index in [1.165, 1.54) is 11.3 Å². The Morgan fingerprint density at radius 2 is 1.93 bits per heavy atom. The number of aromatic nitrogens is 3. The second-order valence-corrected chi connectivity index (χ2v) is 7.73. The maximum atomic E-state index is 13.0. The van der Waals surface area contributed by atoms with Gasteiger partial charge in [0, 0.05) is 49.8 Å². The summed E-state index contributed by atoms with van der Waals surface area (Å²) in [6, 6.07) is 14.5. The van der Waals surface area contributed by atoms with Crippen molar-refractivity contribution in [1.29, 1.82) is 0 Å². The van der Waals surface area contributed by atoms with Crippen LogP contribution in [0, 0.1) is 0 Å². The van der Waals surface area contributed by atoms with Crippen molar-refractivity contribution in [3.63, 3.8) is 0 Å². The fourth-order valence-corrected chi connectivity index (χ4v) is 4.09. The third-order valence-electron chi connectivity index (χ3n) is 5.63. The largest absolute Gasteiger partial charge is 0.377 e. The van der Waals surface area contributed by atoms with Gasteiger partial charge in [0.15, 0.2) is 5.82 Å². The number of hydrogen-bond donors (Lipinski definition) is 1. The third kappa shape index (κ3) is 3.47. The summed E-state index contributed by atoms with van der Waals surface area (Å²) in [7, 11) is 6.31. The van der Waals surface area contributed by atoms with Gasteiger partial charge in [0.25, 0.3) is 5.56 Å². The highest BCUT2D eigenvalue weighted by Crippen LogP contribution is 2.25. The van der Waals surface area contributed by atoms with Gasteiger partial charge in [-0.15, -0.1) is 0 Å². The van der Waals surface area contributed by atoms with Gasteiger partial charge in [-0.1, -0.05) is 24.3 Å². The molecule has 1 unspecified atom stereocenters. The van der Waals surface area contributed by atoms with E-state index in [0.717, 1.165) is 37.1 Å². The van der Waals surface area contributed by atoms with Gasteiger partial charge in [0.05, 0.1) is 0 Å². The summed E-state index contributed by atoms with van der Waals surface area (Å²) in [4.78, 5) is 21.8. The molecule has 146 valence electrons. The van der Waals surface area contributed by atoms with Crippen molar-refractivity contribution in [3.8, 4) is 5.82 Å². The molecule has 0 saturated carbocycles. The minimum Gasteiger partial charge on any atom is -0.377 e. The van der Waals surface area contributed by atoms with E-state index in [2.05, 4.69) is 65.3 Å². The molecule has 2 heterocycles. The van der Waals surface area contributed by atoms with Crippen molar-refractivity contribution in [2.75, 3.05) is 26.0 Å². The molecule has 0 spiro atoms. The molecule has 0 amide bonds. The van der Waals surface area contributed by atoms with Crippen molar-refractivity contribution < 1.29 is 0 Å². The number of H-pyrrole nitrogens is 1. The Kier molecular flexibility index (Phi) is 5.05. The molecule has 28 heavy (non-hydrogen) atoms. The van der Waals surface area contributed by atoms with Crippen LogP contribution in [0.2, 0.25) is 0 Å². The minimum absolute atomic E-state index is 0.0282. The first kappa shape index (κ1) is 18.5. The smallest absolute Gasteiger partial charge is 0.276 e. The Morgan fingerprint density at radius 3 is 2.68 bits per heavy atom. The first-order valence-corrected chi connectivity index (χ1v) is 9.74. The molecule has 0 fully saturated rings. The van der Waals surface area contributed by atoms with Gasteiger partial charge in [-0.2, -0.15) is 0 Å². The predicted molar refractivity (Wildman–Crippen MR) is 112 cm³/mol. The average molecular weight is 377 g/mol. The highest BCUT2D eigenvalue weighted by atomic mass is 16.1. The van der Waals surface area contributed by atoms with E-state index in [0.29, 0.717) is 11.9 Å².